The SMILES string of the molecule is Cc1cc(C)nc(SCC(=O)N/N=C\c2ccc(OCc3cccc([N+](=O)[O-])c3)c(I)c2)n1. The quantitative estimate of drug-likeness (QED) is 0.0999. The number of aryl methyl sites for hydroxylation is 2. The average Bonchev–Trinajstić information content (AvgIpc) is 2.77. The predicted octanol–water partition coefficient (Wildman–Crippen LogP) is 4.43. The van der Waals surface area contributed by atoms with E-state index in [2.05, 4.69) is 43.1 Å². The molecule has 1 amide bonds. The second-order valence-electron chi connectivity index (χ2n) is 6.92. The second kappa shape index (κ2) is 11.7. The lowest BCUT2D eigenvalue weighted by atomic mass is 10.2. The van der Waals surface area contributed by atoms with Crippen molar-refractivity contribution in [1.82, 2.24) is 15.4 Å². The summed E-state index contributed by atoms with van der Waals surface area (Å²) in [6.45, 7) is 3.98. The van der Waals surface area contributed by atoms with E-state index in [-0.39, 0.29) is 24.0 Å². The van der Waals surface area contributed by atoms with Crippen molar-refractivity contribution in [2.45, 2.75) is 25.6 Å². The zero-order valence-corrected chi connectivity index (χ0v) is 20.8. The van der Waals surface area contributed by atoms with Crippen LogP contribution in [0.1, 0.15) is 22.5 Å². The summed E-state index contributed by atoms with van der Waals surface area (Å²) in [7, 11) is 0. The number of nitro groups is 1. The van der Waals surface area contributed by atoms with Crippen molar-refractivity contribution in [1.29, 1.82) is 0 Å². The van der Waals surface area contributed by atoms with E-state index < -0.39 is 4.92 Å². The van der Waals surface area contributed by atoms with Crippen molar-refractivity contribution in [2.24, 2.45) is 5.10 Å². The van der Waals surface area contributed by atoms with Crippen LogP contribution in [0.5, 0.6) is 5.75 Å². The Bertz CT molecular complexity index is 1180. The van der Waals surface area contributed by atoms with Gasteiger partial charge in [-0.1, -0.05) is 23.9 Å². The monoisotopic (exact) mass is 577 g/mol. The van der Waals surface area contributed by atoms with Crippen molar-refractivity contribution in [2.75, 3.05) is 5.75 Å². The highest BCUT2D eigenvalue weighted by Crippen LogP contribution is 2.23. The number of hydrogen-bond donors (Lipinski definition) is 1. The molecule has 2 aromatic carbocycles. The molecule has 1 aromatic heterocycles. The summed E-state index contributed by atoms with van der Waals surface area (Å²) in [6.07, 6.45) is 1.54. The Hall–Kier alpha value is -3.06. The molecule has 0 radical (unpaired) electrons. The molecule has 1 N–H and O–H groups in total. The fraction of sp³-hybridized carbons (Fsp3) is 0.182. The molecule has 0 unspecified atom stereocenters. The van der Waals surface area contributed by atoms with Crippen molar-refractivity contribution in [3.05, 3.63) is 84.7 Å². The molecule has 0 aliphatic heterocycles. The van der Waals surface area contributed by atoms with Gasteiger partial charge in [0.25, 0.3) is 11.6 Å². The number of non-ortho nitro benzene ring substituents is 1. The zero-order valence-electron chi connectivity index (χ0n) is 17.8. The third kappa shape index (κ3) is 7.79. The highest BCUT2D eigenvalue weighted by molar-refractivity contribution is 14.1. The van der Waals surface area contributed by atoms with Crippen LogP contribution in [0.15, 0.2) is 58.8 Å². The number of nitrogens with one attached hydrogen (secondary N) is 1. The number of nitrogens with zero attached hydrogens (tertiary/aromatic N) is 4. The van der Waals surface area contributed by atoms with Gasteiger partial charge in [0, 0.05) is 23.5 Å². The third-order valence-electron chi connectivity index (χ3n) is 4.17. The first-order valence-corrected chi connectivity index (χ1v) is 11.8. The smallest absolute Gasteiger partial charge is 0.269 e. The van der Waals surface area contributed by atoms with Crippen LogP contribution in [0.25, 0.3) is 0 Å². The van der Waals surface area contributed by atoms with E-state index in [9.17, 15) is 14.9 Å². The molecule has 0 bridgehead atoms. The van der Waals surface area contributed by atoms with Gasteiger partial charge in [0.05, 0.1) is 20.5 Å². The standard InChI is InChI=1S/C22H20IN5O4S/c1-14-8-15(2)26-22(25-14)33-13-21(29)27-24-11-16-6-7-20(19(23)10-16)32-12-17-4-3-5-18(9-17)28(30)31/h3-11H,12-13H2,1-2H3,(H,27,29)/b24-11-. The minimum Gasteiger partial charge on any atom is -0.488 e. The predicted molar refractivity (Wildman–Crippen MR) is 135 cm³/mol. The van der Waals surface area contributed by atoms with Crippen LogP contribution in [0.4, 0.5) is 5.69 Å². The van der Waals surface area contributed by atoms with Gasteiger partial charge >= 0.3 is 0 Å². The van der Waals surface area contributed by atoms with Gasteiger partial charge in [0.1, 0.15) is 12.4 Å². The summed E-state index contributed by atoms with van der Waals surface area (Å²) in [5.41, 5.74) is 5.72. The van der Waals surface area contributed by atoms with Crippen molar-refractivity contribution in [3.8, 4) is 5.75 Å². The van der Waals surface area contributed by atoms with Crippen molar-refractivity contribution >= 4 is 52.2 Å². The maximum absolute atomic E-state index is 12.0. The Labute approximate surface area is 208 Å². The van der Waals surface area contributed by atoms with E-state index in [0.717, 1.165) is 20.5 Å². The zero-order chi connectivity index (χ0) is 23.8. The normalized spacial score (nSPS) is 10.9. The van der Waals surface area contributed by atoms with E-state index in [1.165, 1.54) is 23.9 Å². The second-order valence-corrected chi connectivity index (χ2v) is 9.03. The van der Waals surface area contributed by atoms with Crippen molar-refractivity contribution in [3.63, 3.8) is 0 Å². The lowest BCUT2D eigenvalue weighted by Crippen LogP contribution is -2.19. The molecule has 9 nitrogen and oxygen atoms in total. The number of nitro benzene ring substituents is 1. The van der Waals surface area contributed by atoms with Crippen LogP contribution in [0, 0.1) is 27.5 Å². The maximum atomic E-state index is 12.0. The first-order valence-electron chi connectivity index (χ1n) is 9.73. The molecule has 0 fully saturated rings. The summed E-state index contributed by atoms with van der Waals surface area (Å²) in [4.78, 5) is 31.1. The average molecular weight is 577 g/mol. The van der Waals surface area contributed by atoms with E-state index in [4.69, 9.17) is 4.74 Å². The number of aromatic nitrogens is 2. The topological polar surface area (TPSA) is 120 Å². The molecule has 3 aromatic rings. The van der Waals surface area contributed by atoms with E-state index in [1.54, 1.807) is 30.5 Å². The first-order chi connectivity index (χ1) is 15.8. The first kappa shape index (κ1) is 24.6. The molecular weight excluding hydrogens is 557 g/mol. The highest BCUT2D eigenvalue weighted by atomic mass is 127. The highest BCUT2D eigenvalue weighted by Gasteiger charge is 2.08. The van der Waals surface area contributed by atoms with Gasteiger partial charge in [-0.2, -0.15) is 5.10 Å². The molecule has 0 atom stereocenters. The molecule has 0 aliphatic carbocycles. The molecule has 0 saturated heterocycles. The minimum absolute atomic E-state index is 0.0272. The third-order valence-corrected chi connectivity index (χ3v) is 5.86. The lowest BCUT2D eigenvalue weighted by molar-refractivity contribution is -0.384. The number of hydrazone groups is 1. The van der Waals surface area contributed by atoms with Crippen LogP contribution >= 0.6 is 34.4 Å². The molecule has 0 aliphatic rings. The Morgan fingerprint density at radius 3 is 2.67 bits per heavy atom. The van der Waals surface area contributed by atoms with E-state index in [1.807, 2.05) is 26.0 Å². The number of hydrogen-bond acceptors (Lipinski definition) is 8. The lowest BCUT2D eigenvalue weighted by Gasteiger charge is -2.09. The van der Waals surface area contributed by atoms with E-state index >= 15 is 0 Å². The number of amides is 1. The Morgan fingerprint density at radius 1 is 1.21 bits per heavy atom. The van der Waals surface area contributed by atoms with Gasteiger partial charge in [0.2, 0.25) is 0 Å². The van der Waals surface area contributed by atoms with Gasteiger partial charge in [-0.25, -0.2) is 15.4 Å². The number of rotatable bonds is 9. The maximum Gasteiger partial charge on any atom is 0.269 e. The summed E-state index contributed by atoms with van der Waals surface area (Å²) in [5, 5.41) is 15.4. The molecule has 170 valence electrons. The molecule has 0 saturated carbocycles. The number of carbonyl (C=O) groups is 1. The molecule has 1 heterocycles. The summed E-state index contributed by atoms with van der Waals surface area (Å²) in [6, 6.07) is 13.7. The van der Waals surface area contributed by atoms with Crippen LogP contribution in [-0.2, 0) is 11.4 Å². The summed E-state index contributed by atoms with van der Waals surface area (Å²) < 4.78 is 6.63. The fourth-order valence-corrected chi connectivity index (χ4v) is 4.17. The minimum atomic E-state index is -0.434. The Kier molecular flexibility index (Phi) is 8.72. The summed E-state index contributed by atoms with van der Waals surface area (Å²) in [5.74, 6) is 0.543. The fourth-order valence-electron chi connectivity index (χ4n) is 2.73. The molecule has 33 heavy (non-hydrogen) atoms. The number of carbonyl (C=O) groups excluding carboxylic acids is 1. The molecule has 11 heteroatoms. The van der Waals surface area contributed by atoms with Crippen LogP contribution in [-0.4, -0.2) is 32.8 Å². The van der Waals surface area contributed by atoms with Crippen LogP contribution < -0.4 is 10.2 Å². The van der Waals surface area contributed by atoms with Crippen molar-refractivity contribution < 1.29 is 14.5 Å². The number of benzene rings is 2. The number of thioether (sulfide) groups is 1. The number of ether oxygens (including phenoxy) is 1. The number of halogens is 1. The van der Waals surface area contributed by atoms with Gasteiger partial charge in [-0.15, -0.1) is 0 Å². The Balaban J connectivity index is 1.50. The Morgan fingerprint density at radius 2 is 1.97 bits per heavy atom. The van der Waals surface area contributed by atoms with Gasteiger partial charge in [0.15, 0.2) is 5.16 Å². The molecule has 3 rings (SSSR count). The summed E-state index contributed by atoms with van der Waals surface area (Å²) >= 11 is 3.39. The van der Waals surface area contributed by atoms with Gasteiger partial charge in [-0.3, -0.25) is 14.9 Å². The van der Waals surface area contributed by atoms with Gasteiger partial charge in [-0.05, 0) is 71.8 Å². The molecular formula is C22H20IN5O4S. The van der Waals surface area contributed by atoms with E-state index in [0.29, 0.717) is 16.5 Å². The van der Waals surface area contributed by atoms with Crippen LogP contribution in [0.3, 0.4) is 0 Å². The van der Waals surface area contributed by atoms with Gasteiger partial charge < -0.3 is 4.74 Å². The molecule has 0 spiro atoms. The largest absolute Gasteiger partial charge is 0.488 e. The van der Waals surface area contributed by atoms with Crippen LogP contribution in [0.2, 0.25) is 0 Å².